The van der Waals surface area contributed by atoms with Crippen molar-refractivity contribution < 1.29 is 36.3 Å². The fraction of sp³-hybridized carbons (Fsp3) is 0. The molecule has 0 aliphatic carbocycles. The van der Waals surface area contributed by atoms with Gasteiger partial charge in [-0.15, -0.1) is 0 Å². The van der Waals surface area contributed by atoms with Crippen LogP contribution in [0, 0.1) is 0 Å². The van der Waals surface area contributed by atoms with Crippen LogP contribution >= 0.6 is 0 Å². The molecule has 0 saturated carbocycles. The number of hydrogen-bond acceptors (Lipinski definition) is 7. The third kappa shape index (κ3) is 11.5. The number of hydrogen-bond donors (Lipinski definition) is 0. The van der Waals surface area contributed by atoms with Gasteiger partial charge in [0, 0.05) is 0 Å². The van der Waals surface area contributed by atoms with Crippen LogP contribution in [0.25, 0.3) is 0 Å². The first-order chi connectivity index (χ1) is 5.12. The zero-order valence-corrected chi connectivity index (χ0v) is 14.8. The molecule has 0 aromatic rings. The first kappa shape index (κ1) is 15.0. The molecule has 0 bridgehead atoms. The molecule has 0 spiro atoms. The van der Waals surface area contributed by atoms with E-state index >= 15 is 0 Å². The van der Waals surface area contributed by atoms with Crippen LogP contribution in [0.5, 0.6) is 0 Å². The summed E-state index contributed by atoms with van der Waals surface area (Å²) in [6, 6.07) is 0. The Morgan fingerprint density at radius 3 is 1.36 bits per heavy atom. The molecule has 0 unspecified atom stereocenters. The molecule has 0 N–H and O–H groups in total. The first-order valence-corrected chi connectivity index (χ1v) is 9.35. The Hall–Kier alpha value is 1.51. The van der Waals surface area contributed by atoms with E-state index in [4.69, 9.17) is 11.6 Å². The van der Waals surface area contributed by atoms with E-state index in [1.807, 2.05) is 0 Å². The summed E-state index contributed by atoms with van der Waals surface area (Å²) in [6.07, 6.45) is 0. The van der Waals surface area contributed by atoms with Crippen molar-refractivity contribution in [1.82, 2.24) is 0 Å². The van der Waals surface area contributed by atoms with Gasteiger partial charge in [-0.05, 0) is 0 Å². The van der Waals surface area contributed by atoms with Crippen molar-refractivity contribution in [2.75, 3.05) is 0 Å². The molecule has 1 fully saturated rings. The van der Waals surface area contributed by atoms with Gasteiger partial charge in [0.05, 0.1) is 0 Å². The van der Waals surface area contributed by atoms with E-state index in [1.165, 1.54) is 0 Å². The summed E-state index contributed by atoms with van der Waals surface area (Å²) in [5.41, 5.74) is 0. The van der Waals surface area contributed by atoms with Crippen LogP contribution in [-0.4, -0.2) is 60.2 Å². The fourth-order valence-corrected chi connectivity index (χ4v) is 3.24. The van der Waals surface area contributed by atoms with Crippen molar-refractivity contribution in [3.05, 3.63) is 0 Å². The minimum atomic E-state index is -4.01. The van der Waals surface area contributed by atoms with Crippen molar-refractivity contribution in [2.45, 2.75) is 0 Å². The molecule has 11 heteroatoms. The Balaban J connectivity index is 0. The average molecular weight is 606 g/mol. The van der Waals surface area contributed by atoms with E-state index < -0.39 is 48.0 Å². The predicted molar refractivity (Wildman–Crippen MR) is 22.9 cm³/mol. The molecule has 1 saturated heterocycles. The van der Waals surface area contributed by atoms with Crippen molar-refractivity contribution in [3.8, 4) is 0 Å². The normalized spacial score (nSPS) is 16.7. The van der Waals surface area contributed by atoms with E-state index in [1.54, 1.807) is 0 Å². The van der Waals surface area contributed by atoms with Gasteiger partial charge in [0.25, 0.3) is 0 Å². The van der Waals surface area contributed by atoms with Crippen LogP contribution in [0.15, 0.2) is 0 Å². The summed E-state index contributed by atoms with van der Waals surface area (Å²) < 4.78 is 53.0. The average Bonchev–Trinajstić information content (AvgIpc) is 1.91. The van der Waals surface area contributed by atoms with E-state index in [-0.39, 0.29) is 25.8 Å². The molecule has 0 amide bonds. The van der Waals surface area contributed by atoms with Crippen LogP contribution in [0.1, 0.15) is 0 Å². The minimum absolute atomic E-state index is 0.0556. The fourth-order valence-electron chi connectivity index (χ4n) is 0.0896. The summed E-state index contributed by atoms with van der Waals surface area (Å²) in [4.78, 5) is 0. The molecule has 4 radical (unpaired) electrons. The monoisotopic (exact) mass is 608 g/mol. The quantitative estimate of drug-likeness (QED) is 0.298. The molecule has 1 heterocycles. The molecule has 0 aromatic heterocycles. The maximum absolute atomic E-state index is 9.76. The Bertz CT molecular complexity index is 203. The Morgan fingerprint density at radius 2 is 1.36 bits per heavy atom. The van der Waals surface area contributed by atoms with E-state index in [9.17, 15) is 7.61 Å². The Morgan fingerprint density at radius 1 is 1.18 bits per heavy atom. The van der Waals surface area contributed by atoms with Gasteiger partial charge in [0.1, 0.15) is 0 Å². The second kappa shape index (κ2) is 9.60. The van der Waals surface area contributed by atoms with Gasteiger partial charge in [0.15, 0.2) is 0 Å². The molecule has 0 aromatic carbocycles. The van der Waals surface area contributed by atoms with Crippen molar-refractivity contribution in [3.63, 3.8) is 0 Å². The van der Waals surface area contributed by atoms with Crippen LogP contribution in [0.3, 0.4) is 0 Å². The van der Waals surface area contributed by atoms with Crippen LogP contribution in [0.4, 0.5) is 0 Å². The zero-order chi connectivity index (χ0) is 9.33. The molecule has 1 rings (SSSR count). The Kier molecular flexibility index (Phi) is 13.1. The summed E-state index contributed by atoms with van der Waals surface area (Å²) >= 11 is -5.40. The standard InChI is InChI=1S/Cr.O2Si.5O.2Pb/c;1-3-2;;;;;;;. The van der Waals surface area contributed by atoms with Gasteiger partial charge in [0.2, 0.25) is 0 Å². The first-order valence-electron chi connectivity index (χ1n) is 1.69. The molecule has 7 nitrogen and oxygen atoms in total. The summed E-state index contributed by atoms with van der Waals surface area (Å²) in [6.45, 7) is 0. The molecule has 0 atom stereocenters. The van der Waals surface area contributed by atoms with Crippen molar-refractivity contribution >= 4 is 60.2 Å². The second-order valence-corrected chi connectivity index (χ2v) is 8.69. The summed E-state index contributed by atoms with van der Waals surface area (Å²) in [5.74, 6) is 0. The summed E-state index contributed by atoms with van der Waals surface area (Å²) in [5, 5.41) is 0. The Labute approximate surface area is 95.2 Å². The van der Waals surface area contributed by atoms with Gasteiger partial charge in [-0.25, -0.2) is 0 Å². The SMILES string of the molecule is O=[Si]=O.[O]=[Cr]1(=[O])[O][Pb][O]1.[O]=[Pb]. The van der Waals surface area contributed by atoms with Crippen LogP contribution in [-0.2, 0) is 36.3 Å². The summed E-state index contributed by atoms with van der Waals surface area (Å²) in [7, 11) is -1.42. The third-order valence-electron chi connectivity index (χ3n) is 0.272. The zero-order valence-electron chi connectivity index (χ0n) is 4.77. The topological polar surface area (TPSA) is 104 Å². The molecular weight excluding hydrogens is 606 g/mol. The van der Waals surface area contributed by atoms with Gasteiger partial charge in [-0.2, -0.15) is 0 Å². The maximum atomic E-state index is 9.76. The van der Waals surface area contributed by atoms with E-state index in [0.717, 1.165) is 0 Å². The van der Waals surface area contributed by atoms with Gasteiger partial charge < -0.3 is 0 Å². The van der Waals surface area contributed by atoms with Crippen molar-refractivity contribution in [1.29, 1.82) is 0 Å². The van der Waals surface area contributed by atoms with Crippen LogP contribution in [0.2, 0.25) is 0 Å². The second-order valence-electron chi connectivity index (χ2n) is 0.742. The van der Waals surface area contributed by atoms with Gasteiger partial charge >= 0.3 is 87.6 Å². The van der Waals surface area contributed by atoms with E-state index in [0.29, 0.717) is 0 Å². The molecule has 1 aliphatic heterocycles. The van der Waals surface area contributed by atoms with Gasteiger partial charge in [-0.1, -0.05) is 0 Å². The molecular formula is CrO7Pb2Si. The molecule has 60 valence electrons. The van der Waals surface area contributed by atoms with Crippen LogP contribution < -0.4 is 0 Å². The third-order valence-corrected chi connectivity index (χ3v) is 9.85. The predicted octanol–water partition coefficient (Wildman–Crippen LogP) is -1.88. The number of rotatable bonds is 0. The van der Waals surface area contributed by atoms with Gasteiger partial charge in [-0.3, -0.25) is 8.92 Å². The molecule has 1 aliphatic rings. The molecule has 11 heavy (non-hydrogen) atoms. The van der Waals surface area contributed by atoms with Crippen molar-refractivity contribution in [2.24, 2.45) is 0 Å². The van der Waals surface area contributed by atoms with E-state index in [2.05, 4.69) is 3.48 Å².